The minimum absolute atomic E-state index is 0.0260. The summed E-state index contributed by atoms with van der Waals surface area (Å²) in [6.45, 7) is 1.91. The summed E-state index contributed by atoms with van der Waals surface area (Å²) in [5, 5.41) is 1.27. The lowest BCUT2D eigenvalue weighted by atomic mass is 10.2. The molecule has 1 aromatic carbocycles. The third-order valence-corrected chi connectivity index (χ3v) is 2.69. The molecule has 2 aromatic rings. The Labute approximate surface area is 86.7 Å². The number of aromatic nitrogens is 1. The highest BCUT2D eigenvalue weighted by atomic mass is 35.5. The normalized spacial score (nSPS) is 10.8. The number of hydrogen-bond acceptors (Lipinski definition) is 1. The Kier molecular flexibility index (Phi) is 2.08. The molecule has 2 nitrogen and oxygen atoms in total. The van der Waals surface area contributed by atoms with Crippen molar-refractivity contribution in [2.24, 2.45) is 7.05 Å². The zero-order valence-electron chi connectivity index (χ0n) is 8.04. The van der Waals surface area contributed by atoms with Crippen LogP contribution in [-0.2, 0) is 7.05 Å². The second-order valence-electron chi connectivity index (χ2n) is 3.37. The molecule has 0 fully saturated rings. The van der Waals surface area contributed by atoms with Gasteiger partial charge in [-0.2, -0.15) is 0 Å². The molecule has 0 aliphatic carbocycles. The van der Waals surface area contributed by atoms with E-state index in [1.807, 2.05) is 24.6 Å². The average Bonchev–Trinajstić information content (AvgIpc) is 2.14. The van der Waals surface area contributed by atoms with Crippen molar-refractivity contribution in [2.45, 2.75) is 6.92 Å². The molecule has 1 heterocycles. The van der Waals surface area contributed by atoms with Crippen LogP contribution in [0.25, 0.3) is 10.9 Å². The summed E-state index contributed by atoms with van der Waals surface area (Å²) >= 11 is 5.83. The highest BCUT2D eigenvalue weighted by molar-refractivity contribution is 6.31. The second kappa shape index (κ2) is 3.14. The van der Waals surface area contributed by atoms with Gasteiger partial charge in [-0.25, -0.2) is 0 Å². The summed E-state index contributed by atoms with van der Waals surface area (Å²) in [7, 11) is 1.94. The van der Waals surface area contributed by atoms with Crippen LogP contribution in [0, 0.1) is 6.92 Å². The maximum atomic E-state index is 11.6. The van der Waals surface area contributed by atoms with Crippen LogP contribution in [0.3, 0.4) is 0 Å². The first-order valence-corrected chi connectivity index (χ1v) is 4.73. The Balaban J connectivity index is 3.02. The molecule has 0 N–H and O–H groups in total. The lowest BCUT2D eigenvalue weighted by molar-refractivity contribution is 0.898. The van der Waals surface area contributed by atoms with Crippen molar-refractivity contribution < 1.29 is 0 Å². The standard InChI is InChI=1S/C11H10ClNO/c1-7-5-11(14)9-6-8(12)3-4-10(9)13(7)2/h3-6H,1-2H3. The lowest BCUT2D eigenvalue weighted by Crippen LogP contribution is -2.08. The van der Waals surface area contributed by atoms with E-state index in [2.05, 4.69) is 0 Å². The molecule has 0 atom stereocenters. The van der Waals surface area contributed by atoms with Gasteiger partial charge in [-0.05, 0) is 25.1 Å². The van der Waals surface area contributed by atoms with Crippen molar-refractivity contribution in [1.82, 2.24) is 4.57 Å². The number of halogens is 1. The summed E-state index contributed by atoms with van der Waals surface area (Å²) in [5.41, 5.74) is 1.89. The zero-order valence-corrected chi connectivity index (χ0v) is 8.80. The summed E-state index contributed by atoms with van der Waals surface area (Å²) in [6.07, 6.45) is 0. The van der Waals surface area contributed by atoms with Gasteiger partial charge in [0.25, 0.3) is 0 Å². The number of hydrogen-bond donors (Lipinski definition) is 0. The third kappa shape index (κ3) is 1.32. The van der Waals surface area contributed by atoms with Crippen LogP contribution >= 0.6 is 11.6 Å². The van der Waals surface area contributed by atoms with E-state index >= 15 is 0 Å². The summed E-state index contributed by atoms with van der Waals surface area (Å²) < 4.78 is 1.98. The van der Waals surface area contributed by atoms with Crippen molar-refractivity contribution in [3.63, 3.8) is 0 Å². The quantitative estimate of drug-likeness (QED) is 0.651. The van der Waals surface area contributed by atoms with E-state index < -0.39 is 0 Å². The molecular formula is C11H10ClNO. The summed E-state index contributed by atoms with van der Waals surface area (Å²) in [4.78, 5) is 11.6. The molecule has 14 heavy (non-hydrogen) atoms. The molecular weight excluding hydrogens is 198 g/mol. The van der Waals surface area contributed by atoms with Gasteiger partial charge in [0.05, 0.1) is 5.52 Å². The molecule has 0 aliphatic heterocycles. The monoisotopic (exact) mass is 207 g/mol. The van der Waals surface area contributed by atoms with Crippen LogP contribution in [0.1, 0.15) is 5.69 Å². The number of pyridine rings is 1. The molecule has 72 valence electrons. The van der Waals surface area contributed by atoms with Crippen LogP contribution in [0.4, 0.5) is 0 Å². The van der Waals surface area contributed by atoms with Crippen molar-refractivity contribution in [3.05, 3.63) is 45.2 Å². The van der Waals surface area contributed by atoms with E-state index in [4.69, 9.17) is 11.6 Å². The van der Waals surface area contributed by atoms with E-state index in [9.17, 15) is 4.79 Å². The van der Waals surface area contributed by atoms with Gasteiger partial charge in [0.15, 0.2) is 5.43 Å². The van der Waals surface area contributed by atoms with E-state index in [1.54, 1.807) is 18.2 Å². The van der Waals surface area contributed by atoms with Gasteiger partial charge in [0.2, 0.25) is 0 Å². The van der Waals surface area contributed by atoms with Crippen LogP contribution < -0.4 is 5.43 Å². The summed E-state index contributed by atoms with van der Waals surface area (Å²) in [5.74, 6) is 0. The van der Waals surface area contributed by atoms with Gasteiger partial charge in [0, 0.05) is 29.2 Å². The fraction of sp³-hybridized carbons (Fsp3) is 0.182. The van der Waals surface area contributed by atoms with Gasteiger partial charge < -0.3 is 4.57 Å². The Morgan fingerprint density at radius 1 is 1.29 bits per heavy atom. The zero-order chi connectivity index (χ0) is 10.3. The molecule has 0 saturated carbocycles. The maximum Gasteiger partial charge on any atom is 0.189 e. The van der Waals surface area contributed by atoms with Crippen LogP contribution in [0.2, 0.25) is 5.02 Å². The Morgan fingerprint density at radius 2 is 2.00 bits per heavy atom. The number of nitrogens with zero attached hydrogens (tertiary/aromatic N) is 1. The van der Waals surface area contributed by atoms with E-state index in [0.29, 0.717) is 10.4 Å². The molecule has 0 unspecified atom stereocenters. The number of benzene rings is 1. The number of fused-ring (bicyclic) bond motifs is 1. The van der Waals surface area contributed by atoms with Crippen molar-refractivity contribution in [2.75, 3.05) is 0 Å². The fourth-order valence-corrected chi connectivity index (χ4v) is 1.72. The smallest absolute Gasteiger partial charge is 0.189 e. The number of rotatable bonds is 0. The van der Waals surface area contributed by atoms with Crippen molar-refractivity contribution in [3.8, 4) is 0 Å². The minimum Gasteiger partial charge on any atom is -0.348 e. The molecule has 2 rings (SSSR count). The third-order valence-electron chi connectivity index (χ3n) is 2.45. The molecule has 0 saturated heterocycles. The SMILES string of the molecule is Cc1cc(=O)c2cc(Cl)ccc2n1C. The predicted octanol–water partition coefficient (Wildman–Crippen LogP) is 2.50. The van der Waals surface area contributed by atoms with Gasteiger partial charge in [-0.15, -0.1) is 0 Å². The van der Waals surface area contributed by atoms with Gasteiger partial charge >= 0.3 is 0 Å². The Bertz CT molecular complexity index is 557. The molecule has 0 bridgehead atoms. The highest BCUT2D eigenvalue weighted by Gasteiger charge is 2.03. The molecule has 0 radical (unpaired) electrons. The fourth-order valence-electron chi connectivity index (χ4n) is 1.55. The largest absolute Gasteiger partial charge is 0.348 e. The second-order valence-corrected chi connectivity index (χ2v) is 3.81. The van der Waals surface area contributed by atoms with Gasteiger partial charge in [-0.3, -0.25) is 4.79 Å². The first-order valence-electron chi connectivity index (χ1n) is 4.35. The number of aryl methyl sites for hydroxylation is 2. The lowest BCUT2D eigenvalue weighted by Gasteiger charge is -2.08. The van der Waals surface area contributed by atoms with E-state index in [1.165, 1.54) is 0 Å². The van der Waals surface area contributed by atoms with Crippen molar-refractivity contribution >= 4 is 22.5 Å². The highest BCUT2D eigenvalue weighted by Crippen LogP contribution is 2.16. The Morgan fingerprint density at radius 3 is 2.71 bits per heavy atom. The summed E-state index contributed by atoms with van der Waals surface area (Å²) in [6, 6.07) is 6.99. The van der Waals surface area contributed by atoms with Crippen molar-refractivity contribution in [1.29, 1.82) is 0 Å². The molecule has 0 amide bonds. The van der Waals surface area contributed by atoms with E-state index in [-0.39, 0.29) is 5.43 Å². The first-order chi connectivity index (χ1) is 6.59. The molecule has 0 aliphatic rings. The van der Waals surface area contributed by atoms with E-state index in [0.717, 1.165) is 11.2 Å². The van der Waals surface area contributed by atoms with Crippen LogP contribution in [-0.4, -0.2) is 4.57 Å². The first kappa shape index (κ1) is 9.28. The van der Waals surface area contributed by atoms with Gasteiger partial charge in [0.1, 0.15) is 0 Å². The predicted molar refractivity (Wildman–Crippen MR) is 58.9 cm³/mol. The molecule has 0 spiro atoms. The molecule has 1 aromatic heterocycles. The maximum absolute atomic E-state index is 11.6. The topological polar surface area (TPSA) is 22.0 Å². The van der Waals surface area contributed by atoms with Gasteiger partial charge in [-0.1, -0.05) is 11.6 Å². The average molecular weight is 208 g/mol. The Hall–Kier alpha value is -1.28. The molecule has 3 heteroatoms. The van der Waals surface area contributed by atoms with Crippen LogP contribution in [0.5, 0.6) is 0 Å². The minimum atomic E-state index is 0.0260. The van der Waals surface area contributed by atoms with Crippen LogP contribution in [0.15, 0.2) is 29.1 Å².